The fourth-order valence-electron chi connectivity index (χ4n) is 4.67. The smallest absolute Gasteiger partial charge is 0.447 e. The second-order valence-corrected chi connectivity index (χ2v) is 11.8. The third kappa shape index (κ3) is 14.2. The van der Waals surface area contributed by atoms with E-state index in [4.69, 9.17) is 24.7 Å². The van der Waals surface area contributed by atoms with Crippen molar-refractivity contribution in [1.29, 1.82) is 0 Å². The van der Waals surface area contributed by atoms with Gasteiger partial charge in [0, 0.05) is 36.5 Å². The molecule has 0 saturated carbocycles. The fourth-order valence-corrected chi connectivity index (χ4v) is 4.67. The van der Waals surface area contributed by atoms with E-state index in [0.717, 1.165) is 17.1 Å². The maximum Gasteiger partial charge on any atom is 0.514 e. The van der Waals surface area contributed by atoms with Crippen molar-refractivity contribution >= 4 is 53.3 Å². The number of anilines is 1. The highest BCUT2D eigenvalue weighted by molar-refractivity contribution is 6.12. The van der Waals surface area contributed by atoms with Crippen LogP contribution in [0.5, 0.6) is 5.75 Å². The Kier molecular flexibility index (Phi) is 16.3. The number of rotatable bonds is 20. The molecule has 0 unspecified atom stereocenters. The predicted octanol–water partition coefficient (Wildman–Crippen LogP) is 1.87. The molecule has 20 nitrogen and oxygen atoms in total. The van der Waals surface area contributed by atoms with E-state index in [1.165, 1.54) is 36.4 Å². The number of hydrogen-bond donors (Lipinski definition) is 5. The zero-order valence-electron chi connectivity index (χ0n) is 29.4. The van der Waals surface area contributed by atoms with Gasteiger partial charge in [-0.05, 0) is 48.6 Å². The van der Waals surface area contributed by atoms with Crippen molar-refractivity contribution in [2.75, 3.05) is 38.2 Å². The van der Waals surface area contributed by atoms with E-state index in [0.29, 0.717) is 11.3 Å². The molecule has 0 aromatic heterocycles. The Balaban J connectivity index is 1.50. The Morgan fingerprint density at radius 2 is 1.54 bits per heavy atom. The number of nitrogens with zero attached hydrogens (tertiary/aromatic N) is 2. The van der Waals surface area contributed by atoms with Gasteiger partial charge in [0.2, 0.25) is 11.8 Å². The van der Waals surface area contributed by atoms with Crippen LogP contribution in [0.2, 0.25) is 0 Å². The Hall–Kier alpha value is -6.57. The number of nitrogens with two attached hydrogens (primary N) is 1. The topological polar surface area (TPSA) is 277 Å². The second-order valence-electron chi connectivity index (χ2n) is 11.8. The number of carbonyl (C=O) groups excluding carboxylic acids is 7. The second kappa shape index (κ2) is 21.1. The summed E-state index contributed by atoms with van der Waals surface area (Å²) in [5.74, 6) is -2.54. The van der Waals surface area contributed by atoms with Crippen molar-refractivity contribution in [2.45, 2.75) is 45.4 Å². The number of nitro groups is 1. The first-order valence-electron chi connectivity index (χ1n) is 16.6. The van der Waals surface area contributed by atoms with Gasteiger partial charge in [-0.2, -0.15) is 0 Å². The summed E-state index contributed by atoms with van der Waals surface area (Å²) in [7, 11) is 0. The minimum atomic E-state index is -1.11. The van der Waals surface area contributed by atoms with E-state index in [1.807, 2.05) is 0 Å². The van der Waals surface area contributed by atoms with Crippen LogP contribution in [0.1, 0.15) is 32.3 Å². The summed E-state index contributed by atoms with van der Waals surface area (Å²) >= 11 is 0. The Morgan fingerprint density at radius 1 is 0.870 bits per heavy atom. The quantitative estimate of drug-likeness (QED) is 0.0323. The number of hydrogen-bond acceptors (Lipinski definition) is 13. The zero-order chi connectivity index (χ0) is 39.6. The molecule has 0 bridgehead atoms. The van der Waals surface area contributed by atoms with E-state index in [2.05, 4.69) is 21.3 Å². The van der Waals surface area contributed by atoms with Crippen molar-refractivity contribution < 1.29 is 57.4 Å². The summed E-state index contributed by atoms with van der Waals surface area (Å²) < 4.78 is 20.5. The highest BCUT2D eigenvalue weighted by Crippen LogP contribution is 2.18. The number of alkyl carbamates (subject to hydrolysis) is 1. The third-order valence-corrected chi connectivity index (χ3v) is 7.47. The Labute approximate surface area is 308 Å². The SMILES string of the molecule is CC(C)[C@@H](NC(=O)OCCOCCN1C(=O)C=CC1=O)C(=O)N[C@H](CCCNC(N)=O)C(=O)Nc1ccc(COC(=O)Oc2ccc([N+](=O)[O-])cc2)cc1. The maximum atomic E-state index is 13.3. The average molecular weight is 756 g/mol. The third-order valence-electron chi connectivity index (χ3n) is 7.47. The van der Waals surface area contributed by atoms with E-state index < -0.39 is 64.8 Å². The van der Waals surface area contributed by atoms with E-state index in [-0.39, 0.29) is 63.8 Å². The van der Waals surface area contributed by atoms with Crippen LogP contribution in [-0.4, -0.2) is 96.7 Å². The Bertz CT molecular complexity index is 1680. The number of ether oxygens (including phenoxy) is 4. The molecular weight excluding hydrogens is 714 g/mol. The highest BCUT2D eigenvalue weighted by Gasteiger charge is 2.29. The zero-order valence-corrected chi connectivity index (χ0v) is 29.4. The van der Waals surface area contributed by atoms with Crippen molar-refractivity contribution in [3.63, 3.8) is 0 Å². The summed E-state index contributed by atoms with van der Waals surface area (Å²) in [6.45, 7) is 3.13. The highest BCUT2D eigenvalue weighted by atomic mass is 16.7. The molecule has 0 fully saturated rings. The minimum Gasteiger partial charge on any atom is -0.447 e. The molecule has 54 heavy (non-hydrogen) atoms. The van der Waals surface area contributed by atoms with Crippen molar-refractivity contribution in [3.05, 3.63) is 76.4 Å². The largest absolute Gasteiger partial charge is 0.514 e. The first-order chi connectivity index (χ1) is 25.7. The van der Waals surface area contributed by atoms with E-state index >= 15 is 0 Å². The number of primary amides is 1. The molecule has 0 spiro atoms. The molecular formula is C34H41N7O13. The van der Waals surface area contributed by atoms with Crippen LogP contribution in [0.15, 0.2) is 60.7 Å². The molecule has 1 aliphatic heterocycles. The first-order valence-corrected chi connectivity index (χ1v) is 16.6. The summed E-state index contributed by atoms with van der Waals surface area (Å²) in [4.78, 5) is 96.7. The van der Waals surface area contributed by atoms with Crippen molar-refractivity contribution in [1.82, 2.24) is 20.9 Å². The summed E-state index contributed by atoms with van der Waals surface area (Å²) in [5.41, 5.74) is 5.83. The molecule has 2 aromatic carbocycles. The average Bonchev–Trinajstić information content (AvgIpc) is 3.45. The summed E-state index contributed by atoms with van der Waals surface area (Å²) in [6.07, 6.45) is 0.691. The lowest BCUT2D eigenvalue weighted by Gasteiger charge is -2.25. The number of amides is 7. The maximum absolute atomic E-state index is 13.3. The molecule has 290 valence electrons. The normalized spacial score (nSPS) is 13.1. The molecule has 0 radical (unpaired) electrons. The molecule has 20 heteroatoms. The molecule has 0 aliphatic carbocycles. The van der Waals surface area contributed by atoms with Gasteiger partial charge in [0.25, 0.3) is 17.5 Å². The van der Waals surface area contributed by atoms with Gasteiger partial charge >= 0.3 is 18.3 Å². The number of urea groups is 1. The molecule has 3 rings (SSSR count). The monoisotopic (exact) mass is 755 g/mol. The molecule has 2 atom stereocenters. The summed E-state index contributed by atoms with van der Waals surface area (Å²) in [5, 5.41) is 21.0. The van der Waals surface area contributed by atoms with Crippen LogP contribution in [0.25, 0.3) is 0 Å². The van der Waals surface area contributed by atoms with Gasteiger partial charge in [0.15, 0.2) is 0 Å². The van der Waals surface area contributed by atoms with Crippen LogP contribution in [0.3, 0.4) is 0 Å². The molecule has 1 heterocycles. The number of non-ortho nitro benzene ring substituents is 1. The predicted molar refractivity (Wildman–Crippen MR) is 188 cm³/mol. The van der Waals surface area contributed by atoms with Gasteiger partial charge in [0.05, 0.1) is 24.7 Å². The van der Waals surface area contributed by atoms with Crippen molar-refractivity contribution in [3.8, 4) is 5.75 Å². The molecule has 0 saturated heterocycles. The number of carbonyl (C=O) groups is 7. The van der Waals surface area contributed by atoms with Crippen LogP contribution in [-0.2, 0) is 40.0 Å². The van der Waals surface area contributed by atoms with Crippen LogP contribution in [0.4, 0.5) is 25.8 Å². The van der Waals surface area contributed by atoms with Gasteiger partial charge in [-0.3, -0.25) is 34.2 Å². The number of imide groups is 1. The summed E-state index contributed by atoms with van der Waals surface area (Å²) in [6, 6.07) is 8.09. The van der Waals surface area contributed by atoms with Crippen LogP contribution >= 0.6 is 0 Å². The van der Waals surface area contributed by atoms with Gasteiger partial charge in [-0.25, -0.2) is 14.4 Å². The van der Waals surface area contributed by atoms with E-state index in [9.17, 15) is 43.7 Å². The first kappa shape index (κ1) is 41.8. The number of nitro benzene ring substituents is 1. The lowest BCUT2D eigenvalue weighted by atomic mass is 10.0. The van der Waals surface area contributed by atoms with Gasteiger partial charge < -0.3 is 45.9 Å². The minimum absolute atomic E-state index is 0.0301. The van der Waals surface area contributed by atoms with Crippen LogP contribution in [0, 0.1) is 16.0 Å². The van der Waals surface area contributed by atoms with Gasteiger partial charge in [0.1, 0.15) is 31.0 Å². The fraction of sp³-hybridized carbons (Fsp3) is 0.382. The van der Waals surface area contributed by atoms with Gasteiger partial charge in [-0.15, -0.1) is 0 Å². The molecule has 7 amide bonds. The lowest BCUT2D eigenvalue weighted by Crippen LogP contribution is -2.54. The lowest BCUT2D eigenvalue weighted by molar-refractivity contribution is -0.384. The van der Waals surface area contributed by atoms with Crippen molar-refractivity contribution in [2.24, 2.45) is 11.7 Å². The van der Waals surface area contributed by atoms with E-state index in [1.54, 1.807) is 26.0 Å². The standard InChI is InChI=1S/C34H41N7O13/c1-21(2)29(39-33(47)52-19-18-51-17-16-40-27(42)13-14-28(40)43)31(45)38-26(4-3-15-36-32(35)46)30(44)37-23-7-5-22(6-8-23)20-53-34(48)54-25-11-9-24(10-12-25)41(49)50/h5-14,21,26,29H,3-4,15-20H2,1-2H3,(H,37,44)(H,38,45)(H,39,47)(H3,35,36,46)/t26-,29-/m1/s1. The van der Waals surface area contributed by atoms with Gasteiger partial charge in [-0.1, -0.05) is 26.0 Å². The molecule has 2 aromatic rings. The number of benzene rings is 2. The Morgan fingerprint density at radius 3 is 2.15 bits per heavy atom. The number of nitrogens with one attached hydrogen (secondary N) is 4. The molecule has 6 N–H and O–H groups in total. The van der Waals surface area contributed by atoms with Crippen LogP contribution < -0.4 is 31.7 Å². The molecule has 1 aliphatic rings.